The third-order valence-electron chi connectivity index (χ3n) is 11.2. The number of carbonyl (C=O) groups is 1. The van der Waals surface area contributed by atoms with Gasteiger partial charge in [-0.1, -0.05) is 53.4 Å². The van der Waals surface area contributed by atoms with Gasteiger partial charge in [0.25, 0.3) is 0 Å². The molecule has 1 heterocycles. The van der Waals surface area contributed by atoms with Crippen molar-refractivity contribution in [3.05, 3.63) is 12.3 Å². The van der Waals surface area contributed by atoms with Gasteiger partial charge in [-0.05, 0) is 99.9 Å². The largest absolute Gasteiger partial charge is 0.393 e. The van der Waals surface area contributed by atoms with Crippen LogP contribution in [-0.4, -0.2) is 54.8 Å². The zero-order valence-electron chi connectivity index (χ0n) is 27.8. The topological polar surface area (TPSA) is 101 Å². The Labute approximate surface area is 261 Å². The zero-order chi connectivity index (χ0) is 30.9. The SMILES string of the molecule is C=C(OOCCCCCCOC1CCC(C2NC(C3CCC(C)CC3C)NC(C3CCC(C)CC3C)N2)C(O)C1)C(C)=O. The summed E-state index contributed by atoms with van der Waals surface area (Å²) in [4.78, 5) is 21.0. The highest BCUT2D eigenvalue weighted by molar-refractivity contribution is 5.90. The molecule has 1 aliphatic heterocycles. The highest BCUT2D eigenvalue weighted by atomic mass is 17.2. The van der Waals surface area contributed by atoms with Gasteiger partial charge in [0.2, 0.25) is 5.76 Å². The minimum absolute atomic E-state index is 0.0404. The molecule has 248 valence electrons. The number of ketones is 1. The van der Waals surface area contributed by atoms with Crippen LogP contribution in [0.25, 0.3) is 0 Å². The van der Waals surface area contributed by atoms with E-state index in [0.717, 1.165) is 57.0 Å². The Morgan fingerprint density at radius 2 is 1.23 bits per heavy atom. The molecule has 0 aromatic rings. The van der Waals surface area contributed by atoms with Crippen molar-refractivity contribution in [2.75, 3.05) is 13.2 Å². The fourth-order valence-corrected chi connectivity index (χ4v) is 8.55. The van der Waals surface area contributed by atoms with Crippen molar-refractivity contribution in [1.29, 1.82) is 0 Å². The van der Waals surface area contributed by atoms with Crippen molar-refractivity contribution in [3.8, 4) is 0 Å². The van der Waals surface area contributed by atoms with Gasteiger partial charge < -0.3 is 14.7 Å². The smallest absolute Gasteiger partial charge is 0.200 e. The minimum Gasteiger partial charge on any atom is -0.393 e. The molecule has 4 rings (SSSR count). The normalized spacial score (nSPS) is 40.6. The van der Waals surface area contributed by atoms with E-state index in [9.17, 15) is 9.90 Å². The number of allylic oxidation sites excluding steroid dienone is 1. The maximum absolute atomic E-state index is 11.4. The summed E-state index contributed by atoms with van der Waals surface area (Å²) in [6.45, 7) is 15.8. The number of hydrogen-bond donors (Lipinski definition) is 4. The Bertz CT molecular complexity index is 838. The summed E-state index contributed by atoms with van der Waals surface area (Å²) in [7, 11) is 0. The van der Waals surface area contributed by atoms with Gasteiger partial charge in [0.05, 0.1) is 37.3 Å². The first-order valence-electron chi connectivity index (χ1n) is 17.7. The highest BCUT2D eigenvalue weighted by Crippen LogP contribution is 2.40. The summed E-state index contributed by atoms with van der Waals surface area (Å²) in [6, 6.07) is 0. The molecule has 3 saturated carbocycles. The molecule has 11 atom stereocenters. The Morgan fingerprint density at radius 1 is 0.721 bits per heavy atom. The predicted octanol–water partition coefficient (Wildman–Crippen LogP) is 6.05. The number of nitrogens with one attached hydrogen (secondary N) is 3. The second-order valence-electron chi connectivity index (χ2n) is 14.9. The van der Waals surface area contributed by atoms with Crippen molar-refractivity contribution in [2.45, 2.75) is 149 Å². The number of hydrogen-bond acceptors (Lipinski definition) is 8. The molecule has 4 N–H and O–H groups in total. The summed E-state index contributed by atoms with van der Waals surface area (Å²) in [5, 5.41) is 23.5. The standard InChI is InChI=1S/C35H63N3O5/c1-22-11-14-29(24(3)19-22)33-36-34(30-15-12-23(2)20-25(30)4)38-35(37-33)31-16-13-28(21-32(31)40)41-17-9-7-8-10-18-42-43-27(6)26(5)39/h22-25,28-38,40H,6-21H2,1-5H3. The zero-order valence-corrected chi connectivity index (χ0v) is 27.8. The molecule has 4 aliphatic rings. The lowest BCUT2D eigenvalue weighted by molar-refractivity contribution is -0.260. The van der Waals surface area contributed by atoms with Crippen molar-refractivity contribution >= 4 is 5.78 Å². The van der Waals surface area contributed by atoms with Gasteiger partial charge in [0.1, 0.15) is 0 Å². The van der Waals surface area contributed by atoms with Gasteiger partial charge >= 0.3 is 0 Å². The van der Waals surface area contributed by atoms with E-state index >= 15 is 0 Å². The van der Waals surface area contributed by atoms with E-state index < -0.39 is 0 Å². The van der Waals surface area contributed by atoms with Gasteiger partial charge in [-0.3, -0.25) is 20.7 Å². The lowest BCUT2D eigenvalue weighted by Gasteiger charge is -2.52. The van der Waals surface area contributed by atoms with Gasteiger partial charge in [-0.15, -0.1) is 0 Å². The molecular weight excluding hydrogens is 542 g/mol. The molecule has 0 spiro atoms. The molecule has 0 bridgehead atoms. The molecular formula is C35H63N3O5. The molecule has 8 heteroatoms. The quantitative estimate of drug-likeness (QED) is 0.0624. The van der Waals surface area contributed by atoms with Crippen molar-refractivity contribution in [2.24, 2.45) is 41.4 Å². The average molecular weight is 606 g/mol. The molecule has 0 aromatic carbocycles. The maximum atomic E-state index is 11.4. The lowest BCUT2D eigenvalue weighted by atomic mass is 9.71. The van der Waals surface area contributed by atoms with Crippen molar-refractivity contribution in [3.63, 3.8) is 0 Å². The fraction of sp³-hybridized carbons (Fsp3) is 0.914. The first-order valence-corrected chi connectivity index (χ1v) is 17.7. The Balaban J connectivity index is 1.23. The maximum Gasteiger partial charge on any atom is 0.200 e. The van der Waals surface area contributed by atoms with Crippen LogP contribution in [0.5, 0.6) is 0 Å². The summed E-state index contributed by atoms with van der Waals surface area (Å²) in [6.07, 6.45) is 15.0. The summed E-state index contributed by atoms with van der Waals surface area (Å²) in [5.41, 5.74) is 0. The fourth-order valence-electron chi connectivity index (χ4n) is 8.55. The van der Waals surface area contributed by atoms with Gasteiger partial charge in [0, 0.05) is 19.4 Å². The van der Waals surface area contributed by atoms with Crippen molar-refractivity contribution in [1.82, 2.24) is 16.0 Å². The summed E-state index contributed by atoms with van der Waals surface area (Å²) < 4.78 is 6.24. The van der Waals surface area contributed by atoms with Gasteiger partial charge in [-0.25, -0.2) is 0 Å². The Hall–Kier alpha value is -1.03. The first kappa shape index (κ1) is 34.8. The second-order valence-corrected chi connectivity index (χ2v) is 14.9. The number of Topliss-reactive ketones (excluding diaryl/α,β-unsaturated/α-hetero) is 1. The molecule has 1 saturated heterocycles. The monoisotopic (exact) mass is 605 g/mol. The number of ether oxygens (including phenoxy) is 1. The van der Waals surface area contributed by atoms with Gasteiger partial charge in [0.15, 0.2) is 5.78 Å². The van der Waals surface area contributed by atoms with E-state index in [2.05, 4.69) is 50.2 Å². The first-order chi connectivity index (χ1) is 20.6. The predicted molar refractivity (Wildman–Crippen MR) is 171 cm³/mol. The van der Waals surface area contributed by atoms with E-state index in [1.165, 1.54) is 45.4 Å². The summed E-state index contributed by atoms with van der Waals surface area (Å²) in [5.74, 6) is 4.35. The Morgan fingerprint density at radius 3 is 1.74 bits per heavy atom. The highest BCUT2D eigenvalue weighted by Gasteiger charge is 2.45. The molecule has 11 unspecified atom stereocenters. The molecule has 0 amide bonds. The molecule has 43 heavy (non-hydrogen) atoms. The molecule has 0 aromatic heterocycles. The van der Waals surface area contributed by atoms with Crippen LogP contribution in [0.4, 0.5) is 0 Å². The van der Waals surface area contributed by atoms with Crippen LogP contribution in [0, 0.1) is 41.4 Å². The van der Waals surface area contributed by atoms with Crippen molar-refractivity contribution < 1.29 is 24.4 Å². The van der Waals surface area contributed by atoms with Crippen LogP contribution < -0.4 is 16.0 Å². The van der Waals surface area contributed by atoms with Crippen LogP contribution in [-0.2, 0) is 19.3 Å². The van der Waals surface area contributed by atoms with E-state index in [1.807, 2.05) is 0 Å². The number of unbranched alkanes of at least 4 members (excludes halogenated alkanes) is 3. The van der Waals surface area contributed by atoms with Crippen LogP contribution in [0.1, 0.15) is 118 Å². The third kappa shape index (κ3) is 10.2. The van der Waals surface area contributed by atoms with E-state index in [1.54, 1.807) is 0 Å². The molecule has 4 fully saturated rings. The Kier molecular flexibility index (Phi) is 13.8. The van der Waals surface area contributed by atoms with E-state index in [0.29, 0.717) is 49.0 Å². The number of carbonyl (C=O) groups excluding carboxylic acids is 1. The number of aliphatic hydroxyl groups excluding tert-OH is 1. The lowest BCUT2D eigenvalue weighted by Crippen LogP contribution is -2.74. The second kappa shape index (κ2) is 17.0. The van der Waals surface area contributed by atoms with Crippen LogP contribution in [0.2, 0.25) is 0 Å². The summed E-state index contributed by atoms with van der Waals surface area (Å²) >= 11 is 0. The average Bonchev–Trinajstić information content (AvgIpc) is 2.96. The minimum atomic E-state index is -0.363. The van der Waals surface area contributed by atoms with E-state index in [-0.39, 0.29) is 35.8 Å². The molecule has 8 nitrogen and oxygen atoms in total. The third-order valence-corrected chi connectivity index (χ3v) is 11.2. The van der Waals surface area contributed by atoms with Crippen LogP contribution in [0.15, 0.2) is 12.3 Å². The number of rotatable bonds is 14. The van der Waals surface area contributed by atoms with E-state index in [4.69, 9.17) is 14.5 Å². The van der Waals surface area contributed by atoms with Crippen LogP contribution >= 0.6 is 0 Å². The van der Waals surface area contributed by atoms with Gasteiger partial charge in [-0.2, -0.15) is 4.89 Å². The molecule has 0 radical (unpaired) electrons. The molecule has 3 aliphatic carbocycles. The van der Waals surface area contributed by atoms with Crippen LogP contribution in [0.3, 0.4) is 0 Å². The number of aliphatic hydroxyl groups is 1.